The fraction of sp³-hybridized carbons (Fsp3) is 0.571. The average molecular weight is 375 g/mol. The standard InChI is InChI=1S/C21H30N2O2S/c1-5-25-17-12-16(18(24-4)11-13(17)2)19-20(26-21(22)23-19)14(3)15-9-7-6-8-10-15/h11-12,14-15H,5-10H2,1-4H3,(H2,22,23). The molecule has 0 spiro atoms. The van der Waals surface area contributed by atoms with Crippen molar-refractivity contribution in [2.75, 3.05) is 19.5 Å². The van der Waals surface area contributed by atoms with Crippen molar-refractivity contribution in [3.63, 3.8) is 0 Å². The summed E-state index contributed by atoms with van der Waals surface area (Å²) >= 11 is 1.62. The van der Waals surface area contributed by atoms with Gasteiger partial charge in [-0.1, -0.05) is 26.2 Å². The van der Waals surface area contributed by atoms with Crippen LogP contribution in [0, 0.1) is 12.8 Å². The number of aryl methyl sites for hydroxylation is 1. The van der Waals surface area contributed by atoms with Crippen LogP contribution in [0.1, 0.15) is 62.3 Å². The van der Waals surface area contributed by atoms with Crippen LogP contribution in [0.2, 0.25) is 0 Å². The SMILES string of the molecule is CCOc1cc(-c2nc(N)sc2C(C)C2CCCCC2)c(OC)cc1C. The third kappa shape index (κ3) is 3.83. The van der Waals surface area contributed by atoms with Crippen molar-refractivity contribution in [3.05, 3.63) is 22.6 Å². The van der Waals surface area contributed by atoms with Crippen LogP contribution in [0.3, 0.4) is 0 Å². The molecule has 4 nitrogen and oxygen atoms in total. The minimum atomic E-state index is 0.460. The van der Waals surface area contributed by atoms with Crippen LogP contribution in [-0.4, -0.2) is 18.7 Å². The Bertz CT molecular complexity index is 751. The van der Waals surface area contributed by atoms with Gasteiger partial charge in [-0.15, -0.1) is 11.3 Å². The maximum Gasteiger partial charge on any atom is 0.180 e. The minimum Gasteiger partial charge on any atom is -0.496 e. The Balaban J connectivity index is 2.05. The molecule has 2 aromatic rings. The maximum atomic E-state index is 6.14. The number of rotatable bonds is 6. The second kappa shape index (κ2) is 8.30. The molecule has 1 unspecified atom stereocenters. The highest BCUT2D eigenvalue weighted by molar-refractivity contribution is 7.15. The summed E-state index contributed by atoms with van der Waals surface area (Å²) in [5, 5.41) is 0.623. The molecule has 1 aromatic heterocycles. The molecule has 1 aliphatic carbocycles. The third-order valence-electron chi connectivity index (χ3n) is 5.49. The molecule has 0 radical (unpaired) electrons. The van der Waals surface area contributed by atoms with E-state index in [9.17, 15) is 0 Å². The molecule has 2 N–H and O–H groups in total. The molecule has 1 saturated carbocycles. The molecular weight excluding hydrogens is 344 g/mol. The smallest absolute Gasteiger partial charge is 0.180 e. The van der Waals surface area contributed by atoms with E-state index in [4.69, 9.17) is 20.2 Å². The monoisotopic (exact) mass is 374 g/mol. The van der Waals surface area contributed by atoms with Crippen molar-refractivity contribution in [1.82, 2.24) is 4.98 Å². The lowest BCUT2D eigenvalue weighted by molar-refractivity contribution is 0.318. The number of benzene rings is 1. The number of nitrogen functional groups attached to an aromatic ring is 1. The van der Waals surface area contributed by atoms with Crippen molar-refractivity contribution in [2.24, 2.45) is 5.92 Å². The molecule has 5 heteroatoms. The third-order valence-corrected chi connectivity index (χ3v) is 6.58. The molecule has 0 aliphatic heterocycles. The van der Waals surface area contributed by atoms with Gasteiger partial charge in [0.15, 0.2) is 5.13 Å². The van der Waals surface area contributed by atoms with Gasteiger partial charge in [-0.2, -0.15) is 0 Å². The van der Waals surface area contributed by atoms with Crippen LogP contribution in [0.15, 0.2) is 12.1 Å². The molecule has 0 amide bonds. The van der Waals surface area contributed by atoms with Crippen molar-refractivity contribution >= 4 is 16.5 Å². The van der Waals surface area contributed by atoms with Crippen LogP contribution in [0.5, 0.6) is 11.5 Å². The molecule has 1 fully saturated rings. The number of thiazole rings is 1. The number of ether oxygens (including phenoxy) is 2. The van der Waals surface area contributed by atoms with Crippen molar-refractivity contribution in [1.29, 1.82) is 0 Å². The summed E-state index contributed by atoms with van der Waals surface area (Å²) in [5.74, 6) is 2.88. The van der Waals surface area contributed by atoms with Gasteiger partial charge in [0.05, 0.1) is 19.4 Å². The van der Waals surface area contributed by atoms with E-state index in [1.54, 1.807) is 18.4 Å². The van der Waals surface area contributed by atoms with Crippen LogP contribution in [-0.2, 0) is 0 Å². The zero-order valence-corrected chi connectivity index (χ0v) is 17.1. The highest BCUT2D eigenvalue weighted by Gasteiger charge is 2.27. The maximum absolute atomic E-state index is 6.14. The first-order chi connectivity index (χ1) is 12.5. The van der Waals surface area contributed by atoms with Crippen LogP contribution < -0.4 is 15.2 Å². The highest BCUT2D eigenvalue weighted by atomic mass is 32.1. The van der Waals surface area contributed by atoms with Gasteiger partial charge in [-0.25, -0.2) is 4.98 Å². The number of methoxy groups -OCH3 is 1. The molecule has 1 aromatic carbocycles. The first kappa shape index (κ1) is 19.0. The van der Waals surface area contributed by atoms with Crippen molar-refractivity contribution in [3.8, 4) is 22.8 Å². The minimum absolute atomic E-state index is 0.460. The first-order valence-electron chi connectivity index (χ1n) is 9.63. The lowest BCUT2D eigenvalue weighted by Gasteiger charge is -2.27. The lowest BCUT2D eigenvalue weighted by Crippen LogP contribution is -2.13. The zero-order chi connectivity index (χ0) is 18.7. The Morgan fingerprint density at radius 3 is 2.62 bits per heavy atom. The van der Waals surface area contributed by atoms with E-state index >= 15 is 0 Å². The molecule has 0 saturated heterocycles. The molecule has 3 rings (SSSR count). The largest absolute Gasteiger partial charge is 0.496 e. The fourth-order valence-electron chi connectivity index (χ4n) is 4.03. The summed E-state index contributed by atoms with van der Waals surface area (Å²) in [5.41, 5.74) is 9.15. The molecule has 26 heavy (non-hydrogen) atoms. The summed E-state index contributed by atoms with van der Waals surface area (Å²) in [6, 6.07) is 4.09. The number of anilines is 1. The molecule has 1 atom stereocenters. The topological polar surface area (TPSA) is 57.4 Å². The molecule has 0 bridgehead atoms. The second-order valence-electron chi connectivity index (χ2n) is 7.20. The number of aromatic nitrogens is 1. The Kier molecular flexibility index (Phi) is 6.07. The van der Waals surface area contributed by atoms with Gasteiger partial charge in [0.25, 0.3) is 0 Å². The van der Waals surface area contributed by atoms with Gasteiger partial charge in [0.2, 0.25) is 0 Å². The van der Waals surface area contributed by atoms with Crippen LogP contribution >= 0.6 is 11.3 Å². The quantitative estimate of drug-likeness (QED) is 0.695. The summed E-state index contributed by atoms with van der Waals surface area (Å²) in [6.07, 6.45) is 6.63. The lowest BCUT2D eigenvalue weighted by atomic mass is 9.79. The summed E-state index contributed by atoms with van der Waals surface area (Å²) in [7, 11) is 1.71. The number of hydrogen-bond donors (Lipinski definition) is 1. The van der Waals surface area contributed by atoms with E-state index < -0.39 is 0 Å². The van der Waals surface area contributed by atoms with Crippen LogP contribution in [0.4, 0.5) is 5.13 Å². The summed E-state index contributed by atoms with van der Waals surface area (Å²) in [4.78, 5) is 5.97. The van der Waals surface area contributed by atoms with Gasteiger partial charge < -0.3 is 15.2 Å². The van der Waals surface area contributed by atoms with E-state index in [1.165, 1.54) is 37.0 Å². The van der Waals surface area contributed by atoms with Crippen LogP contribution in [0.25, 0.3) is 11.3 Å². The molecule has 1 aliphatic rings. The van der Waals surface area contributed by atoms with Crippen molar-refractivity contribution < 1.29 is 9.47 Å². The van der Waals surface area contributed by atoms with E-state index in [-0.39, 0.29) is 0 Å². The Morgan fingerprint density at radius 1 is 1.23 bits per heavy atom. The van der Waals surface area contributed by atoms with Gasteiger partial charge >= 0.3 is 0 Å². The Morgan fingerprint density at radius 2 is 1.96 bits per heavy atom. The van der Waals surface area contributed by atoms with Crippen molar-refractivity contribution in [2.45, 2.75) is 58.8 Å². The second-order valence-corrected chi connectivity index (χ2v) is 8.26. The van der Waals surface area contributed by atoms with Gasteiger partial charge in [0, 0.05) is 10.4 Å². The van der Waals surface area contributed by atoms with E-state index in [0.29, 0.717) is 23.6 Å². The molecule has 142 valence electrons. The Hall–Kier alpha value is -1.75. The number of nitrogens with two attached hydrogens (primary N) is 1. The van der Waals surface area contributed by atoms with E-state index in [1.807, 2.05) is 19.9 Å². The first-order valence-corrected chi connectivity index (χ1v) is 10.4. The van der Waals surface area contributed by atoms with Gasteiger partial charge in [-0.3, -0.25) is 0 Å². The number of nitrogens with zero attached hydrogens (tertiary/aromatic N) is 1. The Labute approximate surface area is 160 Å². The number of hydrogen-bond acceptors (Lipinski definition) is 5. The average Bonchev–Trinajstić information content (AvgIpc) is 3.04. The normalized spacial score (nSPS) is 16.5. The van der Waals surface area contributed by atoms with Gasteiger partial charge in [0.1, 0.15) is 11.5 Å². The molecular formula is C21H30N2O2S. The van der Waals surface area contributed by atoms with E-state index in [0.717, 1.165) is 28.3 Å². The zero-order valence-electron chi connectivity index (χ0n) is 16.3. The van der Waals surface area contributed by atoms with Gasteiger partial charge in [-0.05, 0) is 56.2 Å². The fourth-order valence-corrected chi connectivity index (χ4v) is 5.02. The predicted molar refractivity (Wildman–Crippen MR) is 109 cm³/mol. The summed E-state index contributed by atoms with van der Waals surface area (Å²) < 4.78 is 11.5. The van der Waals surface area contributed by atoms with E-state index in [2.05, 4.69) is 13.0 Å². The predicted octanol–water partition coefficient (Wildman–Crippen LogP) is 5.79. The molecule has 1 heterocycles. The summed E-state index contributed by atoms with van der Waals surface area (Å²) in [6.45, 7) is 7.01. The highest BCUT2D eigenvalue weighted by Crippen LogP contribution is 2.46.